The molecule has 9 nitrogen and oxygen atoms in total. The standard InChI is InChI=1S/C28H36N4O5/c1-21(22-7-5-4-6-8-22)32(18-23-17-24(34-2)9-10-26(23)35-3)19-27-30-25(20-37-27)28(33)29-11-12-31-13-15-36-16-14-31/h4-10,17,20-21H,11-16,18-19H2,1-3H3,(H,29,33)/t21-/m0/s1. The number of amides is 1. The van der Waals surface area contributed by atoms with Crippen LogP contribution in [0, 0.1) is 0 Å². The predicted molar refractivity (Wildman–Crippen MR) is 140 cm³/mol. The summed E-state index contributed by atoms with van der Waals surface area (Å²) in [7, 11) is 3.31. The van der Waals surface area contributed by atoms with Crippen molar-refractivity contribution in [3.63, 3.8) is 0 Å². The van der Waals surface area contributed by atoms with E-state index in [0.717, 1.165) is 55.5 Å². The van der Waals surface area contributed by atoms with E-state index in [1.165, 1.54) is 6.26 Å². The molecule has 1 N–H and O–H groups in total. The number of rotatable bonds is 12. The highest BCUT2D eigenvalue weighted by Gasteiger charge is 2.22. The zero-order valence-electron chi connectivity index (χ0n) is 21.8. The smallest absolute Gasteiger partial charge is 0.273 e. The first-order valence-corrected chi connectivity index (χ1v) is 12.6. The van der Waals surface area contributed by atoms with Gasteiger partial charge in [-0.05, 0) is 30.7 Å². The summed E-state index contributed by atoms with van der Waals surface area (Å²) < 4.78 is 22.2. The van der Waals surface area contributed by atoms with Crippen LogP contribution >= 0.6 is 0 Å². The van der Waals surface area contributed by atoms with Crippen molar-refractivity contribution in [1.29, 1.82) is 0 Å². The first-order chi connectivity index (χ1) is 18.1. The second kappa shape index (κ2) is 13.2. The normalized spacial score (nSPS) is 14.9. The molecule has 3 aromatic rings. The molecule has 1 fully saturated rings. The summed E-state index contributed by atoms with van der Waals surface area (Å²) in [6, 6.07) is 16.1. The van der Waals surface area contributed by atoms with Gasteiger partial charge in [0.05, 0.1) is 34.0 Å². The van der Waals surface area contributed by atoms with Crippen LogP contribution in [0.15, 0.2) is 59.2 Å². The number of oxazole rings is 1. The quantitative estimate of drug-likeness (QED) is 0.398. The van der Waals surface area contributed by atoms with Crippen LogP contribution in [0.1, 0.15) is 40.5 Å². The molecule has 0 radical (unpaired) electrons. The number of benzene rings is 2. The molecule has 1 aliphatic heterocycles. The van der Waals surface area contributed by atoms with E-state index in [4.69, 9.17) is 18.6 Å². The number of ether oxygens (including phenoxy) is 3. The summed E-state index contributed by atoms with van der Waals surface area (Å²) in [5.41, 5.74) is 2.43. The maximum Gasteiger partial charge on any atom is 0.273 e. The number of hydrogen-bond donors (Lipinski definition) is 1. The van der Waals surface area contributed by atoms with Gasteiger partial charge in [0.2, 0.25) is 5.89 Å². The second-order valence-corrected chi connectivity index (χ2v) is 9.01. The Morgan fingerprint density at radius 1 is 1.11 bits per heavy atom. The van der Waals surface area contributed by atoms with Gasteiger partial charge in [0, 0.05) is 44.3 Å². The largest absolute Gasteiger partial charge is 0.497 e. The van der Waals surface area contributed by atoms with Gasteiger partial charge in [-0.15, -0.1) is 0 Å². The van der Waals surface area contributed by atoms with E-state index >= 15 is 0 Å². The number of methoxy groups -OCH3 is 2. The SMILES string of the molecule is COc1ccc(OC)c(CN(Cc2nc(C(=O)NCCN3CCOCC3)co2)[C@@H](C)c2ccccc2)c1. The molecular formula is C28H36N4O5. The number of nitrogens with one attached hydrogen (secondary N) is 1. The highest BCUT2D eigenvalue weighted by molar-refractivity contribution is 5.91. The van der Waals surface area contributed by atoms with Crippen molar-refractivity contribution in [1.82, 2.24) is 20.1 Å². The molecule has 2 aromatic carbocycles. The Bertz CT molecular complexity index is 1130. The van der Waals surface area contributed by atoms with Crippen molar-refractivity contribution in [3.05, 3.63) is 77.5 Å². The topological polar surface area (TPSA) is 89.3 Å². The average Bonchev–Trinajstić information content (AvgIpc) is 3.42. The van der Waals surface area contributed by atoms with Crippen LogP contribution in [0.5, 0.6) is 11.5 Å². The molecule has 0 saturated carbocycles. The molecule has 4 rings (SSSR count). The Kier molecular flexibility index (Phi) is 9.53. The van der Waals surface area contributed by atoms with Gasteiger partial charge in [0.1, 0.15) is 17.8 Å². The highest BCUT2D eigenvalue weighted by Crippen LogP contribution is 2.30. The Morgan fingerprint density at radius 2 is 1.89 bits per heavy atom. The molecule has 1 saturated heterocycles. The molecule has 1 atom stereocenters. The summed E-state index contributed by atoms with van der Waals surface area (Å²) in [5.74, 6) is 1.78. The molecule has 1 aromatic heterocycles. The van der Waals surface area contributed by atoms with Crippen LogP contribution in [0.3, 0.4) is 0 Å². The number of morpholine rings is 1. The van der Waals surface area contributed by atoms with Gasteiger partial charge in [0.25, 0.3) is 5.91 Å². The zero-order chi connectivity index (χ0) is 26.0. The minimum Gasteiger partial charge on any atom is -0.497 e. The van der Waals surface area contributed by atoms with Crippen molar-refractivity contribution in [2.75, 3.05) is 53.6 Å². The van der Waals surface area contributed by atoms with E-state index in [0.29, 0.717) is 25.5 Å². The van der Waals surface area contributed by atoms with E-state index in [1.54, 1.807) is 14.2 Å². The molecule has 0 bridgehead atoms. The highest BCUT2D eigenvalue weighted by atomic mass is 16.5. The third-order valence-corrected chi connectivity index (χ3v) is 6.63. The van der Waals surface area contributed by atoms with Gasteiger partial charge in [-0.2, -0.15) is 0 Å². The third kappa shape index (κ3) is 7.31. The maximum atomic E-state index is 12.7. The fourth-order valence-corrected chi connectivity index (χ4v) is 4.40. The lowest BCUT2D eigenvalue weighted by Crippen LogP contribution is -2.41. The van der Waals surface area contributed by atoms with E-state index in [1.807, 2.05) is 36.4 Å². The Balaban J connectivity index is 1.46. The number of carbonyl (C=O) groups is 1. The first-order valence-electron chi connectivity index (χ1n) is 12.6. The van der Waals surface area contributed by atoms with E-state index < -0.39 is 0 Å². The summed E-state index contributed by atoms with van der Waals surface area (Å²) in [5, 5.41) is 2.94. The first kappa shape index (κ1) is 26.7. The lowest BCUT2D eigenvalue weighted by molar-refractivity contribution is 0.0383. The Hall–Kier alpha value is -3.40. The number of hydrogen-bond acceptors (Lipinski definition) is 8. The van der Waals surface area contributed by atoms with Crippen molar-refractivity contribution >= 4 is 5.91 Å². The average molecular weight is 509 g/mol. The van der Waals surface area contributed by atoms with Crippen LogP contribution in [0.4, 0.5) is 0 Å². The van der Waals surface area contributed by atoms with Crippen molar-refractivity contribution in [3.8, 4) is 11.5 Å². The van der Waals surface area contributed by atoms with E-state index in [9.17, 15) is 4.79 Å². The fraction of sp³-hybridized carbons (Fsp3) is 0.429. The lowest BCUT2D eigenvalue weighted by Gasteiger charge is -2.29. The number of aromatic nitrogens is 1. The Morgan fingerprint density at radius 3 is 2.62 bits per heavy atom. The van der Waals surface area contributed by atoms with Crippen LogP contribution in [-0.4, -0.2) is 74.3 Å². The second-order valence-electron chi connectivity index (χ2n) is 9.01. The van der Waals surface area contributed by atoms with Crippen molar-refractivity contribution in [2.24, 2.45) is 0 Å². The van der Waals surface area contributed by atoms with Crippen LogP contribution < -0.4 is 14.8 Å². The van der Waals surface area contributed by atoms with Crippen molar-refractivity contribution < 1.29 is 23.4 Å². The summed E-state index contributed by atoms with van der Waals surface area (Å²) in [4.78, 5) is 21.7. The summed E-state index contributed by atoms with van der Waals surface area (Å²) >= 11 is 0. The minimum atomic E-state index is -0.236. The van der Waals surface area contributed by atoms with Crippen LogP contribution in [0.2, 0.25) is 0 Å². The predicted octanol–water partition coefficient (Wildman–Crippen LogP) is 3.52. The van der Waals surface area contributed by atoms with Gasteiger partial charge in [0.15, 0.2) is 5.69 Å². The van der Waals surface area contributed by atoms with E-state index in [2.05, 4.69) is 39.2 Å². The van der Waals surface area contributed by atoms with E-state index in [-0.39, 0.29) is 17.6 Å². The van der Waals surface area contributed by atoms with Gasteiger partial charge < -0.3 is 23.9 Å². The molecular weight excluding hydrogens is 472 g/mol. The number of carbonyl (C=O) groups excluding carboxylic acids is 1. The van der Waals surface area contributed by atoms with Crippen molar-refractivity contribution in [2.45, 2.75) is 26.1 Å². The molecule has 0 spiro atoms. The molecule has 9 heteroatoms. The molecule has 0 aliphatic carbocycles. The maximum absolute atomic E-state index is 12.7. The van der Waals surface area contributed by atoms with Gasteiger partial charge >= 0.3 is 0 Å². The molecule has 37 heavy (non-hydrogen) atoms. The zero-order valence-corrected chi connectivity index (χ0v) is 21.8. The molecule has 0 unspecified atom stereocenters. The molecule has 1 amide bonds. The molecule has 1 aliphatic rings. The molecule has 2 heterocycles. The van der Waals surface area contributed by atoms with Crippen LogP contribution in [0.25, 0.3) is 0 Å². The Labute approximate surface area is 218 Å². The summed E-state index contributed by atoms with van der Waals surface area (Å²) in [6.07, 6.45) is 1.43. The monoisotopic (exact) mass is 508 g/mol. The fourth-order valence-electron chi connectivity index (χ4n) is 4.40. The minimum absolute atomic E-state index is 0.0507. The van der Waals surface area contributed by atoms with Gasteiger partial charge in [-0.25, -0.2) is 4.98 Å². The summed E-state index contributed by atoms with van der Waals surface area (Å²) in [6.45, 7) is 7.70. The third-order valence-electron chi connectivity index (χ3n) is 6.63. The lowest BCUT2D eigenvalue weighted by atomic mass is 10.1. The molecule has 198 valence electrons. The number of nitrogens with zero attached hydrogens (tertiary/aromatic N) is 3. The van der Waals surface area contributed by atoms with Crippen LogP contribution in [-0.2, 0) is 17.8 Å². The van der Waals surface area contributed by atoms with Gasteiger partial charge in [-0.3, -0.25) is 14.6 Å². The van der Waals surface area contributed by atoms with Gasteiger partial charge in [-0.1, -0.05) is 30.3 Å².